The molecule has 0 aliphatic carbocycles. The molecule has 0 saturated carbocycles. The number of nitro groups is 1. The number of rotatable bonds is 10. The van der Waals surface area contributed by atoms with Crippen molar-refractivity contribution < 1.29 is 4.92 Å². The van der Waals surface area contributed by atoms with E-state index in [1.165, 1.54) is 19.3 Å². The van der Waals surface area contributed by atoms with E-state index in [9.17, 15) is 10.1 Å². The van der Waals surface area contributed by atoms with Crippen LogP contribution >= 0.6 is 0 Å². The number of hydrogen-bond acceptors (Lipinski definition) is 5. The average Bonchev–Trinajstić information content (AvgIpc) is 2.66. The number of nitrogens with zero attached hydrogens (tertiary/aromatic N) is 4. The summed E-state index contributed by atoms with van der Waals surface area (Å²) in [5, 5.41) is 11.5. The lowest BCUT2D eigenvalue weighted by atomic mass is 10.1. The number of likely N-dealkylation sites (N-methyl/N-ethyl adjacent to an activating group) is 1. The Morgan fingerprint density at radius 2 is 1.69 bits per heavy atom. The van der Waals surface area contributed by atoms with Crippen LogP contribution in [-0.2, 0) is 0 Å². The van der Waals surface area contributed by atoms with Crippen LogP contribution in [0, 0.1) is 10.1 Å². The summed E-state index contributed by atoms with van der Waals surface area (Å²) in [6.07, 6.45) is 5.77. The standard InChI is InChI=1S/C20H34N4O2/c1-4-11-22(12-5-2)16-15-21(3)18-9-10-19(24(25)26)20(17-18)23-13-7-6-8-14-23/h9-10,17H,4-8,11-16H2,1-3H3. The molecule has 146 valence electrons. The lowest BCUT2D eigenvalue weighted by Gasteiger charge is -2.30. The molecule has 26 heavy (non-hydrogen) atoms. The smallest absolute Gasteiger partial charge is 0.292 e. The summed E-state index contributed by atoms with van der Waals surface area (Å²) in [6.45, 7) is 10.5. The van der Waals surface area contributed by atoms with Gasteiger partial charge in [0, 0.05) is 45.0 Å². The van der Waals surface area contributed by atoms with E-state index in [0.717, 1.165) is 63.5 Å². The van der Waals surface area contributed by atoms with Crippen LogP contribution in [0.5, 0.6) is 0 Å². The van der Waals surface area contributed by atoms with Crippen molar-refractivity contribution in [2.45, 2.75) is 46.0 Å². The Morgan fingerprint density at radius 3 is 2.27 bits per heavy atom. The number of hydrogen-bond donors (Lipinski definition) is 0. The Hall–Kier alpha value is -1.82. The molecule has 1 heterocycles. The highest BCUT2D eigenvalue weighted by Gasteiger charge is 2.22. The van der Waals surface area contributed by atoms with Gasteiger partial charge in [-0.2, -0.15) is 0 Å². The highest BCUT2D eigenvalue weighted by molar-refractivity contribution is 5.70. The maximum absolute atomic E-state index is 11.5. The van der Waals surface area contributed by atoms with E-state index in [4.69, 9.17) is 0 Å². The zero-order chi connectivity index (χ0) is 18.9. The Bertz CT molecular complexity index is 567. The second-order valence-corrected chi connectivity index (χ2v) is 7.24. The average molecular weight is 363 g/mol. The second-order valence-electron chi connectivity index (χ2n) is 7.24. The summed E-state index contributed by atoms with van der Waals surface area (Å²) in [5.74, 6) is 0. The first-order chi connectivity index (χ1) is 12.6. The number of nitro benzene ring substituents is 1. The minimum absolute atomic E-state index is 0.225. The molecule has 0 radical (unpaired) electrons. The van der Waals surface area contributed by atoms with E-state index in [1.54, 1.807) is 6.07 Å². The molecule has 1 aromatic carbocycles. The maximum atomic E-state index is 11.5. The van der Waals surface area contributed by atoms with Crippen molar-refractivity contribution >= 4 is 17.1 Å². The largest absolute Gasteiger partial charge is 0.373 e. The van der Waals surface area contributed by atoms with Crippen LogP contribution in [0.4, 0.5) is 17.1 Å². The van der Waals surface area contributed by atoms with E-state index in [0.29, 0.717) is 0 Å². The molecule has 6 nitrogen and oxygen atoms in total. The monoisotopic (exact) mass is 362 g/mol. The Kier molecular flexibility index (Phi) is 8.16. The van der Waals surface area contributed by atoms with Gasteiger partial charge in [0.15, 0.2) is 0 Å². The van der Waals surface area contributed by atoms with Crippen LogP contribution in [-0.4, -0.2) is 56.1 Å². The van der Waals surface area contributed by atoms with Crippen LogP contribution in [0.2, 0.25) is 0 Å². The summed E-state index contributed by atoms with van der Waals surface area (Å²) in [4.78, 5) is 18.1. The first-order valence-corrected chi connectivity index (χ1v) is 10.0. The Balaban J connectivity index is 2.11. The molecule has 2 rings (SSSR count). The van der Waals surface area contributed by atoms with Gasteiger partial charge >= 0.3 is 0 Å². The van der Waals surface area contributed by atoms with Crippen molar-refractivity contribution in [3.8, 4) is 0 Å². The number of piperidine rings is 1. The zero-order valence-corrected chi connectivity index (χ0v) is 16.6. The van der Waals surface area contributed by atoms with E-state index in [2.05, 4.69) is 35.6 Å². The van der Waals surface area contributed by atoms with Gasteiger partial charge in [0.05, 0.1) is 4.92 Å². The van der Waals surface area contributed by atoms with Gasteiger partial charge in [0.25, 0.3) is 5.69 Å². The van der Waals surface area contributed by atoms with Crippen molar-refractivity contribution in [2.24, 2.45) is 0 Å². The summed E-state index contributed by atoms with van der Waals surface area (Å²) in [5.41, 5.74) is 2.06. The predicted octanol–water partition coefficient (Wildman–Crippen LogP) is 4.14. The molecule has 6 heteroatoms. The van der Waals surface area contributed by atoms with Gasteiger partial charge in [0.2, 0.25) is 0 Å². The highest BCUT2D eigenvalue weighted by atomic mass is 16.6. The zero-order valence-electron chi connectivity index (χ0n) is 16.6. The fraction of sp³-hybridized carbons (Fsp3) is 0.700. The van der Waals surface area contributed by atoms with Gasteiger partial charge in [-0.25, -0.2) is 0 Å². The molecule has 0 atom stereocenters. The van der Waals surface area contributed by atoms with Crippen LogP contribution in [0.1, 0.15) is 46.0 Å². The van der Waals surface area contributed by atoms with Crippen LogP contribution in [0.15, 0.2) is 18.2 Å². The van der Waals surface area contributed by atoms with Crippen molar-refractivity contribution in [2.75, 3.05) is 56.1 Å². The molecule has 0 spiro atoms. The lowest BCUT2D eigenvalue weighted by molar-refractivity contribution is -0.384. The van der Waals surface area contributed by atoms with Crippen LogP contribution < -0.4 is 9.80 Å². The molecule has 1 aliphatic rings. The fourth-order valence-corrected chi connectivity index (χ4v) is 3.68. The minimum atomic E-state index is -0.252. The first-order valence-electron chi connectivity index (χ1n) is 10.0. The molecule has 1 aliphatic heterocycles. The third-order valence-electron chi connectivity index (χ3n) is 5.12. The topological polar surface area (TPSA) is 52.9 Å². The summed E-state index contributed by atoms with van der Waals surface area (Å²) >= 11 is 0. The van der Waals surface area contributed by atoms with Crippen LogP contribution in [0.3, 0.4) is 0 Å². The van der Waals surface area contributed by atoms with Gasteiger partial charge in [-0.1, -0.05) is 13.8 Å². The van der Waals surface area contributed by atoms with Gasteiger partial charge in [-0.3, -0.25) is 10.1 Å². The molecule has 1 fully saturated rings. The molecular formula is C20H34N4O2. The Labute approximate surface area is 157 Å². The van der Waals surface area contributed by atoms with Crippen LogP contribution in [0.25, 0.3) is 0 Å². The molecule has 1 aromatic rings. The van der Waals surface area contributed by atoms with E-state index >= 15 is 0 Å². The van der Waals surface area contributed by atoms with Crippen molar-refractivity contribution in [3.63, 3.8) is 0 Å². The molecule has 0 unspecified atom stereocenters. The molecule has 0 amide bonds. The molecule has 1 saturated heterocycles. The second kappa shape index (κ2) is 10.4. The quantitative estimate of drug-likeness (QED) is 0.462. The van der Waals surface area contributed by atoms with Gasteiger partial charge in [-0.05, 0) is 57.3 Å². The molecular weight excluding hydrogens is 328 g/mol. The summed E-state index contributed by atoms with van der Waals surface area (Å²) in [6, 6.07) is 5.56. The van der Waals surface area contributed by atoms with Gasteiger partial charge < -0.3 is 14.7 Å². The van der Waals surface area contributed by atoms with Gasteiger partial charge in [0.1, 0.15) is 5.69 Å². The first kappa shape index (κ1) is 20.5. The van der Waals surface area contributed by atoms with Crippen molar-refractivity contribution in [3.05, 3.63) is 28.3 Å². The normalized spacial score (nSPS) is 14.7. The highest BCUT2D eigenvalue weighted by Crippen LogP contribution is 2.33. The lowest BCUT2D eigenvalue weighted by Crippen LogP contribution is -2.34. The third kappa shape index (κ3) is 5.59. The summed E-state index contributed by atoms with van der Waals surface area (Å²) in [7, 11) is 2.08. The van der Waals surface area contributed by atoms with Crippen molar-refractivity contribution in [1.82, 2.24) is 4.90 Å². The fourth-order valence-electron chi connectivity index (χ4n) is 3.68. The molecule has 0 N–H and O–H groups in total. The molecule has 0 aromatic heterocycles. The minimum Gasteiger partial charge on any atom is -0.373 e. The number of anilines is 2. The number of benzene rings is 1. The van der Waals surface area contributed by atoms with Gasteiger partial charge in [-0.15, -0.1) is 0 Å². The summed E-state index contributed by atoms with van der Waals surface area (Å²) < 4.78 is 0. The Morgan fingerprint density at radius 1 is 1.04 bits per heavy atom. The maximum Gasteiger partial charge on any atom is 0.292 e. The molecule has 0 bridgehead atoms. The predicted molar refractivity (Wildman–Crippen MR) is 109 cm³/mol. The van der Waals surface area contributed by atoms with Crippen molar-refractivity contribution in [1.29, 1.82) is 0 Å². The third-order valence-corrected chi connectivity index (χ3v) is 5.12. The SMILES string of the molecule is CCCN(CCC)CCN(C)c1ccc([N+](=O)[O-])c(N2CCCCC2)c1. The van der Waals surface area contributed by atoms with E-state index < -0.39 is 0 Å². The van der Waals surface area contributed by atoms with E-state index in [1.807, 2.05) is 12.1 Å². The van der Waals surface area contributed by atoms with E-state index in [-0.39, 0.29) is 10.6 Å².